The lowest BCUT2D eigenvalue weighted by atomic mass is 9.79. The molecule has 0 bridgehead atoms. The van der Waals surface area contributed by atoms with Gasteiger partial charge < -0.3 is 20.1 Å². The Kier molecular flexibility index (Phi) is 5.11. The number of allylic oxidation sites excluding steroid dienone is 1. The zero-order chi connectivity index (χ0) is 20.4. The highest BCUT2D eigenvalue weighted by Gasteiger charge is 2.35. The maximum absolute atomic E-state index is 13.0. The van der Waals surface area contributed by atoms with Gasteiger partial charge >= 0.3 is 13.1 Å². The van der Waals surface area contributed by atoms with Crippen LogP contribution in [0.25, 0.3) is 0 Å². The van der Waals surface area contributed by atoms with Crippen molar-refractivity contribution in [3.05, 3.63) is 77.0 Å². The first-order valence-corrected chi connectivity index (χ1v) is 8.97. The molecular formula is C19H18BN5O4. The Balaban J connectivity index is 1.67. The molecule has 1 aromatic heterocycles. The summed E-state index contributed by atoms with van der Waals surface area (Å²) in [5.41, 5.74) is 2.88. The molecule has 1 aliphatic rings. The van der Waals surface area contributed by atoms with Crippen LogP contribution in [0, 0.1) is 0 Å². The highest BCUT2D eigenvalue weighted by atomic mass is 16.5. The van der Waals surface area contributed by atoms with E-state index in [9.17, 15) is 14.8 Å². The number of nitrogens with zero attached hydrogens (tertiary/aromatic N) is 4. The van der Waals surface area contributed by atoms with E-state index in [2.05, 4.69) is 20.8 Å². The standard InChI is InChI=1S/C19H18BN5O4/c1-12-16(18(26)29-11-13-5-3-2-4-6-13)17(25-19(21-12)22-23-24-25)14-7-9-15(10-8-14)20(27)28/h2-10,17,27-28H,11H2,1H3,(H,21,22,24). The molecule has 3 aromatic rings. The van der Waals surface area contributed by atoms with Gasteiger partial charge in [0.15, 0.2) is 0 Å². The molecule has 0 spiro atoms. The molecule has 0 radical (unpaired) electrons. The molecular weight excluding hydrogens is 373 g/mol. The van der Waals surface area contributed by atoms with Crippen molar-refractivity contribution < 1.29 is 19.6 Å². The van der Waals surface area contributed by atoms with Gasteiger partial charge in [-0.1, -0.05) is 59.7 Å². The molecule has 0 saturated heterocycles. The molecule has 1 atom stereocenters. The van der Waals surface area contributed by atoms with Crippen LogP contribution in [0.1, 0.15) is 24.1 Å². The highest BCUT2D eigenvalue weighted by Crippen LogP contribution is 2.34. The average molecular weight is 391 g/mol. The molecule has 0 fully saturated rings. The third kappa shape index (κ3) is 3.75. The minimum atomic E-state index is -1.58. The van der Waals surface area contributed by atoms with Gasteiger partial charge in [0.25, 0.3) is 0 Å². The summed E-state index contributed by atoms with van der Waals surface area (Å²) in [5, 5.41) is 33.3. The number of nitrogens with one attached hydrogen (secondary N) is 1. The summed E-state index contributed by atoms with van der Waals surface area (Å²) in [5.74, 6) is -0.0883. The van der Waals surface area contributed by atoms with Gasteiger partial charge in [-0.25, -0.2) is 4.79 Å². The predicted molar refractivity (Wildman–Crippen MR) is 105 cm³/mol. The smallest absolute Gasteiger partial charge is 0.457 e. The number of hydrogen-bond donors (Lipinski definition) is 3. The zero-order valence-corrected chi connectivity index (χ0v) is 15.6. The number of esters is 1. The first kappa shape index (κ1) is 18.8. The van der Waals surface area contributed by atoms with Crippen LogP contribution in [-0.2, 0) is 16.1 Å². The van der Waals surface area contributed by atoms with Gasteiger partial charge in [-0.15, -0.1) is 0 Å². The van der Waals surface area contributed by atoms with Gasteiger partial charge in [0.05, 0.1) is 5.57 Å². The minimum Gasteiger partial charge on any atom is -0.457 e. The molecule has 2 aromatic carbocycles. The minimum absolute atomic E-state index is 0.140. The van der Waals surface area contributed by atoms with Crippen molar-refractivity contribution in [3.63, 3.8) is 0 Å². The molecule has 3 N–H and O–H groups in total. The van der Waals surface area contributed by atoms with Gasteiger partial charge in [0, 0.05) is 5.70 Å². The van der Waals surface area contributed by atoms with Crippen molar-refractivity contribution in [2.24, 2.45) is 0 Å². The second-order valence-electron chi connectivity index (χ2n) is 6.62. The molecule has 0 amide bonds. The fourth-order valence-electron chi connectivity index (χ4n) is 3.24. The topological polar surface area (TPSA) is 122 Å². The Bertz CT molecular complexity index is 1050. The third-order valence-electron chi connectivity index (χ3n) is 4.70. The van der Waals surface area contributed by atoms with E-state index in [1.54, 1.807) is 31.2 Å². The van der Waals surface area contributed by atoms with Gasteiger partial charge in [-0.05, 0) is 33.9 Å². The number of anilines is 1. The van der Waals surface area contributed by atoms with E-state index in [0.717, 1.165) is 5.56 Å². The van der Waals surface area contributed by atoms with Crippen molar-refractivity contribution in [2.75, 3.05) is 5.32 Å². The second-order valence-corrected chi connectivity index (χ2v) is 6.62. The van der Waals surface area contributed by atoms with E-state index in [1.165, 1.54) is 4.68 Å². The number of benzene rings is 2. The highest BCUT2D eigenvalue weighted by molar-refractivity contribution is 6.58. The monoisotopic (exact) mass is 391 g/mol. The van der Waals surface area contributed by atoms with Crippen molar-refractivity contribution in [3.8, 4) is 0 Å². The first-order chi connectivity index (χ1) is 14.0. The lowest BCUT2D eigenvalue weighted by Crippen LogP contribution is -2.31. The Labute approximate surface area is 166 Å². The third-order valence-corrected chi connectivity index (χ3v) is 4.70. The number of hydrogen-bond acceptors (Lipinski definition) is 8. The molecule has 29 heavy (non-hydrogen) atoms. The summed E-state index contributed by atoms with van der Waals surface area (Å²) in [7, 11) is -1.58. The summed E-state index contributed by atoms with van der Waals surface area (Å²) in [6.07, 6.45) is 0. The lowest BCUT2D eigenvalue weighted by molar-refractivity contribution is -0.140. The van der Waals surface area contributed by atoms with Crippen molar-refractivity contribution >= 4 is 24.5 Å². The number of ether oxygens (including phenoxy) is 1. The average Bonchev–Trinajstić information content (AvgIpc) is 3.20. The molecule has 1 aliphatic heterocycles. The van der Waals surface area contributed by atoms with Gasteiger partial charge in [0.2, 0.25) is 5.95 Å². The number of tetrazole rings is 1. The van der Waals surface area contributed by atoms with Gasteiger partial charge in [0.1, 0.15) is 12.6 Å². The summed E-state index contributed by atoms with van der Waals surface area (Å²) < 4.78 is 7.04. The molecule has 0 saturated carbocycles. The zero-order valence-electron chi connectivity index (χ0n) is 15.6. The first-order valence-electron chi connectivity index (χ1n) is 8.97. The molecule has 0 aliphatic carbocycles. The summed E-state index contributed by atoms with van der Waals surface area (Å²) in [6, 6.07) is 15.4. The van der Waals surface area contributed by atoms with Crippen LogP contribution in [0.15, 0.2) is 65.9 Å². The van der Waals surface area contributed by atoms with Crippen molar-refractivity contribution in [2.45, 2.75) is 19.6 Å². The van der Waals surface area contributed by atoms with Crippen LogP contribution in [0.4, 0.5) is 5.95 Å². The Morgan fingerprint density at radius 2 is 1.90 bits per heavy atom. The molecule has 9 nitrogen and oxygen atoms in total. The number of rotatable bonds is 5. The predicted octanol–water partition coefficient (Wildman–Crippen LogP) is 0.385. The molecule has 2 heterocycles. The van der Waals surface area contributed by atoms with Crippen molar-refractivity contribution in [1.29, 1.82) is 0 Å². The number of fused-ring (bicyclic) bond motifs is 1. The number of aromatic nitrogens is 4. The number of carbonyl (C=O) groups is 1. The van der Waals surface area contributed by atoms with Crippen LogP contribution in [0.3, 0.4) is 0 Å². The van der Waals surface area contributed by atoms with Crippen LogP contribution < -0.4 is 10.8 Å². The quantitative estimate of drug-likeness (QED) is 0.422. The van der Waals surface area contributed by atoms with E-state index < -0.39 is 19.1 Å². The summed E-state index contributed by atoms with van der Waals surface area (Å²) in [4.78, 5) is 13.0. The maximum atomic E-state index is 13.0. The van der Waals surface area contributed by atoms with Crippen LogP contribution in [0.5, 0.6) is 0 Å². The fraction of sp³-hybridized carbons (Fsp3) is 0.158. The second kappa shape index (κ2) is 7.86. The maximum Gasteiger partial charge on any atom is 0.488 e. The largest absolute Gasteiger partial charge is 0.488 e. The molecule has 146 valence electrons. The van der Waals surface area contributed by atoms with Gasteiger partial charge in [-0.3, -0.25) is 0 Å². The van der Waals surface area contributed by atoms with E-state index in [0.29, 0.717) is 28.2 Å². The van der Waals surface area contributed by atoms with E-state index in [4.69, 9.17) is 4.74 Å². The number of carbonyl (C=O) groups excluding carboxylic acids is 1. The van der Waals surface area contributed by atoms with Crippen LogP contribution in [-0.4, -0.2) is 43.3 Å². The summed E-state index contributed by atoms with van der Waals surface area (Å²) in [6.45, 7) is 1.90. The van der Waals surface area contributed by atoms with Crippen LogP contribution >= 0.6 is 0 Å². The Hall–Kier alpha value is -3.50. The van der Waals surface area contributed by atoms with Gasteiger partial charge in [-0.2, -0.15) is 4.68 Å². The lowest BCUT2D eigenvalue weighted by Gasteiger charge is -2.27. The Morgan fingerprint density at radius 3 is 2.59 bits per heavy atom. The Morgan fingerprint density at radius 1 is 1.17 bits per heavy atom. The molecule has 10 heteroatoms. The van der Waals surface area contributed by atoms with E-state index >= 15 is 0 Å². The molecule has 4 rings (SSSR count). The summed E-state index contributed by atoms with van der Waals surface area (Å²) >= 11 is 0. The normalized spacial score (nSPS) is 15.5. The SMILES string of the molecule is CC1=C(C(=O)OCc2ccccc2)C(c2ccc(B(O)O)cc2)n2nnnc2N1. The van der Waals surface area contributed by atoms with E-state index in [-0.39, 0.29) is 6.61 Å². The van der Waals surface area contributed by atoms with Crippen molar-refractivity contribution in [1.82, 2.24) is 20.2 Å². The van der Waals surface area contributed by atoms with Crippen LogP contribution in [0.2, 0.25) is 0 Å². The fourth-order valence-corrected chi connectivity index (χ4v) is 3.24. The molecule has 1 unspecified atom stereocenters. The van der Waals surface area contributed by atoms with E-state index in [1.807, 2.05) is 30.3 Å².